The highest BCUT2D eigenvalue weighted by Crippen LogP contribution is 2.57. The lowest BCUT2D eigenvalue weighted by Gasteiger charge is -2.46. The highest BCUT2D eigenvalue weighted by molar-refractivity contribution is 8.03. The third-order valence-corrected chi connectivity index (χ3v) is 6.89. The Labute approximate surface area is 162 Å². The summed E-state index contributed by atoms with van der Waals surface area (Å²) in [6, 6.07) is 18.8. The molecule has 1 saturated heterocycles. The number of allylic oxidation sites excluding steroid dienone is 1. The van der Waals surface area contributed by atoms with E-state index in [1.807, 2.05) is 18.2 Å². The van der Waals surface area contributed by atoms with E-state index < -0.39 is 0 Å². The van der Waals surface area contributed by atoms with Crippen molar-refractivity contribution < 1.29 is 4.74 Å². The Bertz CT molecular complexity index is 934. The van der Waals surface area contributed by atoms with E-state index in [2.05, 4.69) is 41.3 Å². The maximum Gasteiger partial charge on any atom is 0.138 e. The van der Waals surface area contributed by atoms with Crippen molar-refractivity contribution in [1.82, 2.24) is 0 Å². The summed E-state index contributed by atoms with van der Waals surface area (Å²) in [5, 5.41) is 11.8. The lowest BCUT2D eigenvalue weighted by molar-refractivity contribution is -0.0323. The summed E-state index contributed by atoms with van der Waals surface area (Å²) in [5.74, 6) is 0.311. The standard InChI is InChI=1S/C21H17ClN2OS/c22-14-9-7-13(8-10-14)19-15-4-3-11-25-20(15)24-17-5-1-2-6-18(17)26-21(24)16(19)12-23/h1-2,5-10,15,19-20H,3-4,11H2/t15-,19-,20-/m0/s1. The van der Waals surface area contributed by atoms with Crippen molar-refractivity contribution in [3.05, 3.63) is 69.7 Å². The Morgan fingerprint density at radius 1 is 1.15 bits per heavy atom. The van der Waals surface area contributed by atoms with E-state index in [9.17, 15) is 5.26 Å². The van der Waals surface area contributed by atoms with Crippen LogP contribution in [0.2, 0.25) is 5.02 Å². The van der Waals surface area contributed by atoms with Gasteiger partial charge in [-0.05, 0) is 42.7 Å². The summed E-state index contributed by atoms with van der Waals surface area (Å²) in [7, 11) is 0. The quantitative estimate of drug-likeness (QED) is 0.651. The first-order valence-corrected chi connectivity index (χ1v) is 10.0. The number of anilines is 1. The van der Waals surface area contributed by atoms with Crippen molar-refractivity contribution in [1.29, 1.82) is 5.26 Å². The summed E-state index contributed by atoms with van der Waals surface area (Å²) in [4.78, 5) is 3.45. The predicted molar refractivity (Wildman–Crippen MR) is 104 cm³/mol. The summed E-state index contributed by atoms with van der Waals surface area (Å²) in [6.45, 7) is 0.771. The molecule has 0 spiro atoms. The largest absolute Gasteiger partial charge is 0.358 e. The van der Waals surface area contributed by atoms with Gasteiger partial charge in [-0.15, -0.1) is 0 Å². The van der Waals surface area contributed by atoms with Crippen molar-refractivity contribution in [3.8, 4) is 6.07 Å². The molecule has 26 heavy (non-hydrogen) atoms. The van der Waals surface area contributed by atoms with Gasteiger partial charge in [0.2, 0.25) is 0 Å². The number of ether oxygens (including phenoxy) is 1. The molecule has 0 aromatic heterocycles. The average Bonchev–Trinajstić information content (AvgIpc) is 3.07. The Hall–Kier alpha value is -1.93. The molecule has 1 fully saturated rings. The van der Waals surface area contributed by atoms with Crippen LogP contribution >= 0.6 is 23.4 Å². The van der Waals surface area contributed by atoms with Gasteiger partial charge in [0.15, 0.2) is 0 Å². The van der Waals surface area contributed by atoms with Crippen LogP contribution in [0.4, 0.5) is 5.69 Å². The Morgan fingerprint density at radius 3 is 2.77 bits per heavy atom. The van der Waals surface area contributed by atoms with E-state index >= 15 is 0 Å². The van der Waals surface area contributed by atoms with Gasteiger partial charge in [0.05, 0.1) is 22.4 Å². The number of nitriles is 1. The molecule has 3 aliphatic rings. The zero-order chi connectivity index (χ0) is 17.7. The van der Waals surface area contributed by atoms with E-state index in [1.54, 1.807) is 11.8 Å². The maximum absolute atomic E-state index is 10.1. The van der Waals surface area contributed by atoms with Gasteiger partial charge in [-0.1, -0.05) is 47.6 Å². The van der Waals surface area contributed by atoms with Gasteiger partial charge < -0.3 is 9.64 Å². The number of halogens is 1. The third-order valence-electron chi connectivity index (χ3n) is 5.46. The van der Waals surface area contributed by atoms with Crippen molar-refractivity contribution >= 4 is 29.1 Å². The Morgan fingerprint density at radius 2 is 1.96 bits per heavy atom. The van der Waals surface area contributed by atoms with Crippen LogP contribution in [0.15, 0.2) is 64.0 Å². The molecule has 130 valence electrons. The second-order valence-electron chi connectivity index (χ2n) is 6.87. The summed E-state index contributed by atoms with van der Waals surface area (Å²) < 4.78 is 6.26. The van der Waals surface area contributed by atoms with Gasteiger partial charge in [-0.25, -0.2) is 0 Å². The molecule has 0 N–H and O–H groups in total. The van der Waals surface area contributed by atoms with Crippen LogP contribution in [0.3, 0.4) is 0 Å². The van der Waals surface area contributed by atoms with Crippen molar-refractivity contribution in [3.63, 3.8) is 0 Å². The molecular formula is C21H17ClN2OS. The van der Waals surface area contributed by atoms with Crippen LogP contribution < -0.4 is 4.90 Å². The second-order valence-corrected chi connectivity index (χ2v) is 8.33. The molecular weight excluding hydrogens is 364 g/mol. The van der Waals surface area contributed by atoms with Crippen molar-refractivity contribution in [2.24, 2.45) is 5.92 Å². The van der Waals surface area contributed by atoms with Crippen LogP contribution in [0.25, 0.3) is 0 Å². The number of nitrogens with zero attached hydrogens (tertiary/aromatic N) is 2. The molecule has 2 aromatic carbocycles. The zero-order valence-electron chi connectivity index (χ0n) is 14.1. The lowest BCUT2D eigenvalue weighted by atomic mass is 9.74. The Balaban J connectivity index is 1.70. The van der Waals surface area contributed by atoms with Crippen molar-refractivity contribution in [2.45, 2.75) is 29.9 Å². The third kappa shape index (κ3) is 2.39. The molecule has 0 saturated carbocycles. The second kappa shape index (κ2) is 6.35. The predicted octanol–water partition coefficient (Wildman–Crippen LogP) is 5.54. The fourth-order valence-corrected chi connectivity index (χ4v) is 5.71. The minimum absolute atomic E-state index is 0.0207. The van der Waals surface area contributed by atoms with Crippen LogP contribution in [-0.2, 0) is 4.74 Å². The molecule has 0 bridgehead atoms. The normalized spacial score (nSPS) is 26.8. The smallest absolute Gasteiger partial charge is 0.138 e. The molecule has 3 nitrogen and oxygen atoms in total. The van der Waals surface area contributed by atoms with Gasteiger partial charge in [0, 0.05) is 28.4 Å². The zero-order valence-corrected chi connectivity index (χ0v) is 15.6. The first-order valence-electron chi connectivity index (χ1n) is 8.85. The number of thioether (sulfide) groups is 1. The van der Waals surface area contributed by atoms with Crippen LogP contribution in [0, 0.1) is 17.2 Å². The summed E-state index contributed by atoms with van der Waals surface area (Å²) in [6.07, 6.45) is 2.06. The summed E-state index contributed by atoms with van der Waals surface area (Å²) in [5.41, 5.74) is 3.15. The SMILES string of the molecule is N#CC1=C2Sc3ccccc3N2[C@H]2OCCC[C@H]2[C@@H]1c1ccc(Cl)cc1. The average molecular weight is 381 g/mol. The minimum Gasteiger partial charge on any atom is -0.358 e. The van der Waals surface area contributed by atoms with E-state index in [-0.39, 0.29) is 18.1 Å². The van der Waals surface area contributed by atoms with Crippen LogP contribution in [0.5, 0.6) is 0 Å². The van der Waals surface area contributed by atoms with Crippen molar-refractivity contribution in [2.75, 3.05) is 11.5 Å². The summed E-state index contributed by atoms with van der Waals surface area (Å²) >= 11 is 7.78. The first kappa shape index (κ1) is 16.3. The van der Waals surface area contributed by atoms with E-state index in [4.69, 9.17) is 16.3 Å². The van der Waals surface area contributed by atoms with Crippen LogP contribution in [-0.4, -0.2) is 12.8 Å². The fourth-order valence-electron chi connectivity index (χ4n) is 4.38. The topological polar surface area (TPSA) is 36.3 Å². The van der Waals surface area contributed by atoms with Gasteiger partial charge in [-0.2, -0.15) is 5.26 Å². The number of para-hydroxylation sites is 1. The molecule has 5 heteroatoms. The van der Waals surface area contributed by atoms with Crippen LogP contribution in [0.1, 0.15) is 24.3 Å². The molecule has 0 unspecified atom stereocenters. The van der Waals surface area contributed by atoms with Gasteiger partial charge in [0.1, 0.15) is 6.23 Å². The molecule has 5 rings (SSSR count). The minimum atomic E-state index is -0.0207. The number of fused-ring (bicyclic) bond motifs is 5. The number of hydrogen-bond donors (Lipinski definition) is 0. The highest BCUT2D eigenvalue weighted by Gasteiger charge is 2.48. The fraction of sp³-hybridized carbons (Fsp3) is 0.286. The van der Waals surface area contributed by atoms with Gasteiger partial charge >= 0.3 is 0 Å². The van der Waals surface area contributed by atoms with Gasteiger partial charge in [-0.3, -0.25) is 0 Å². The monoisotopic (exact) mass is 380 g/mol. The molecule has 3 aliphatic heterocycles. The van der Waals surface area contributed by atoms with Gasteiger partial charge in [0.25, 0.3) is 0 Å². The lowest BCUT2D eigenvalue weighted by Crippen LogP contribution is -2.49. The molecule has 2 aromatic rings. The number of benzene rings is 2. The van der Waals surface area contributed by atoms with E-state index in [0.717, 1.165) is 46.3 Å². The van der Waals surface area contributed by atoms with E-state index in [0.29, 0.717) is 0 Å². The first-order chi connectivity index (χ1) is 12.8. The number of hydrogen-bond acceptors (Lipinski definition) is 4. The molecule has 3 heterocycles. The molecule has 0 radical (unpaired) electrons. The molecule has 0 aliphatic carbocycles. The Kier molecular flexibility index (Phi) is 3.97. The number of rotatable bonds is 1. The maximum atomic E-state index is 10.1. The molecule has 0 amide bonds. The highest BCUT2D eigenvalue weighted by atomic mass is 35.5. The van der Waals surface area contributed by atoms with E-state index in [1.165, 1.54) is 4.90 Å². The molecule has 3 atom stereocenters.